The molecule has 0 fully saturated rings. The minimum absolute atomic E-state index is 0.104. The summed E-state index contributed by atoms with van der Waals surface area (Å²) < 4.78 is 38.9. The summed E-state index contributed by atoms with van der Waals surface area (Å²) in [6.45, 7) is 4.87. The number of hydrogen-bond donors (Lipinski definition) is 2. The van der Waals surface area contributed by atoms with Gasteiger partial charge in [0.05, 0.1) is 26.7 Å². The summed E-state index contributed by atoms with van der Waals surface area (Å²) in [4.78, 5) is 1.51. The van der Waals surface area contributed by atoms with Crippen molar-refractivity contribution in [2.45, 2.75) is 32.5 Å². The van der Waals surface area contributed by atoms with Crippen LogP contribution in [0.15, 0.2) is 41.5 Å². The minimum Gasteiger partial charge on any atom is -0.378 e. The van der Waals surface area contributed by atoms with Crippen molar-refractivity contribution in [3.05, 3.63) is 51.7 Å². The second-order valence-corrected chi connectivity index (χ2v) is 6.91. The number of rotatable bonds is 3. The van der Waals surface area contributed by atoms with Crippen LogP contribution < -0.4 is 5.43 Å². The van der Waals surface area contributed by atoms with Crippen molar-refractivity contribution in [3.8, 4) is 11.8 Å². The van der Waals surface area contributed by atoms with Gasteiger partial charge in [-0.15, -0.1) is 11.3 Å². The third-order valence-corrected chi connectivity index (χ3v) is 4.14. The summed E-state index contributed by atoms with van der Waals surface area (Å²) in [6, 6.07) is 8.74. The van der Waals surface area contributed by atoms with Crippen LogP contribution >= 0.6 is 11.3 Å². The van der Waals surface area contributed by atoms with Gasteiger partial charge >= 0.3 is 6.18 Å². The maximum absolute atomic E-state index is 13.0. The number of benzene rings is 1. The zero-order chi connectivity index (χ0) is 18.7. The number of hydrogen-bond acceptors (Lipinski definition) is 4. The van der Waals surface area contributed by atoms with Crippen molar-refractivity contribution in [1.29, 1.82) is 0 Å². The number of para-hydroxylation sites is 1. The molecule has 0 aliphatic heterocycles. The summed E-state index contributed by atoms with van der Waals surface area (Å²) in [5.74, 6) is 5.56. The predicted octanol–water partition coefficient (Wildman–Crippen LogP) is 4.73. The monoisotopic (exact) mass is 366 g/mol. The molecule has 2 rings (SSSR count). The lowest BCUT2D eigenvalue weighted by Gasteiger charge is -2.12. The molecule has 7 heteroatoms. The van der Waals surface area contributed by atoms with Gasteiger partial charge < -0.3 is 5.11 Å². The van der Waals surface area contributed by atoms with Gasteiger partial charge in [0, 0.05) is 0 Å². The standard InChI is InChI=1S/C18H17F3N2OS/c1-12(16-9-8-13(25-16)10-11-17(2,3)24)22-23-15-7-5-4-6-14(15)18(19,20)21/h4-9,23-24H,1-3H3/b22-12+. The molecule has 0 radical (unpaired) electrons. The van der Waals surface area contributed by atoms with E-state index in [1.165, 1.54) is 29.5 Å². The zero-order valence-corrected chi connectivity index (χ0v) is 14.7. The first-order valence-electron chi connectivity index (χ1n) is 7.38. The van der Waals surface area contributed by atoms with Crippen molar-refractivity contribution in [2.75, 3.05) is 5.43 Å². The van der Waals surface area contributed by atoms with Gasteiger partial charge in [0.25, 0.3) is 0 Å². The van der Waals surface area contributed by atoms with E-state index in [1.807, 2.05) is 0 Å². The molecule has 0 unspecified atom stereocenters. The topological polar surface area (TPSA) is 44.6 Å². The molecule has 132 valence electrons. The fraction of sp³-hybridized carbons (Fsp3) is 0.278. The summed E-state index contributed by atoms with van der Waals surface area (Å²) in [5.41, 5.74) is 1.06. The smallest absolute Gasteiger partial charge is 0.378 e. The summed E-state index contributed by atoms with van der Waals surface area (Å²) in [5, 5.41) is 13.6. The fourth-order valence-corrected chi connectivity index (χ4v) is 2.65. The van der Waals surface area contributed by atoms with Gasteiger partial charge in [-0.2, -0.15) is 18.3 Å². The highest BCUT2D eigenvalue weighted by Crippen LogP contribution is 2.34. The van der Waals surface area contributed by atoms with Gasteiger partial charge in [-0.3, -0.25) is 5.43 Å². The molecule has 1 heterocycles. The second-order valence-electron chi connectivity index (χ2n) is 5.83. The highest BCUT2D eigenvalue weighted by molar-refractivity contribution is 7.14. The molecular formula is C18H17F3N2OS. The maximum Gasteiger partial charge on any atom is 0.418 e. The van der Waals surface area contributed by atoms with E-state index in [1.54, 1.807) is 32.9 Å². The van der Waals surface area contributed by atoms with Crippen LogP contribution in [0, 0.1) is 11.8 Å². The van der Waals surface area contributed by atoms with Gasteiger partial charge in [-0.05, 0) is 45.0 Å². The van der Waals surface area contributed by atoms with Gasteiger partial charge in [0.15, 0.2) is 0 Å². The normalized spacial score (nSPS) is 12.5. The lowest BCUT2D eigenvalue weighted by Crippen LogP contribution is -2.14. The molecule has 0 spiro atoms. The molecule has 2 N–H and O–H groups in total. The Kier molecular flexibility index (Phi) is 5.55. The van der Waals surface area contributed by atoms with Gasteiger partial charge in [-0.1, -0.05) is 24.0 Å². The molecule has 2 aromatic rings. The number of halogens is 3. The molecule has 1 aromatic heterocycles. The van der Waals surface area contributed by atoms with Crippen molar-refractivity contribution in [2.24, 2.45) is 5.10 Å². The summed E-state index contributed by atoms with van der Waals surface area (Å²) in [6.07, 6.45) is -4.45. The molecule has 0 aliphatic carbocycles. The minimum atomic E-state index is -4.45. The highest BCUT2D eigenvalue weighted by atomic mass is 32.1. The van der Waals surface area contributed by atoms with Crippen LogP contribution in [0.25, 0.3) is 0 Å². The Labute approximate surface area is 148 Å². The molecule has 3 nitrogen and oxygen atoms in total. The van der Waals surface area contributed by atoms with Crippen LogP contribution in [-0.4, -0.2) is 16.4 Å². The number of nitrogens with one attached hydrogen (secondary N) is 1. The number of hydrazone groups is 1. The predicted molar refractivity (Wildman–Crippen MR) is 94.8 cm³/mol. The molecule has 1 aromatic carbocycles. The van der Waals surface area contributed by atoms with Crippen LogP contribution in [0.3, 0.4) is 0 Å². The Morgan fingerprint density at radius 2 is 1.84 bits per heavy atom. The molecule has 0 saturated heterocycles. The van der Waals surface area contributed by atoms with Gasteiger partial charge in [0.2, 0.25) is 0 Å². The average molecular weight is 366 g/mol. The Morgan fingerprint density at radius 3 is 2.48 bits per heavy atom. The van der Waals surface area contributed by atoms with Crippen molar-refractivity contribution in [3.63, 3.8) is 0 Å². The number of thiophene rings is 1. The van der Waals surface area contributed by atoms with Gasteiger partial charge in [-0.25, -0.2) is 0 Å². The number of alkyl halides is 3. The summed E-state index contributed by atoms with van der Waals surface area (Å²) in [7, 11) is 0. The van der Waals surface area contributed by atoms with Crippen molar-refractivity contribution >= 4 is 22.7 Å². The van der Waals surface area contributed by atoms with E-state index in [9.17, 15) is 18.3 Å². The third-order valence-electron chi connectivity index (χ3n) is 3.03. The van der Waals surface area contributed by atoms with Crippen LogP contribution in [0.1, 0.15) is 36.1 Å². The van der Waals surface area contributed by atoms with E-state index in [2.05, 4.69) is 22.4 Å². The number of anilines is 1. The molecule has 0 bridgehead atoms. The molecule has 25 heavy (non-hydrogen) atoms. The largest absolute Gasteiger partial charge is 0.418 e. The van der Waals surface area contributed by atoms with Crippen LogP contribution in [0.5, 0.6) is 0 Å². The quantitative estimate of drug-likeness (QED) is 0.469. The summed E-state index contributed by atoms with van der Waals surface area (Å²) >= 11 is 1.35. The second kappa shape index (κ2) is 7.30. The van der Waals surface area contributed by atoms with E-state index < -0.39 is 17.3 Å². The van der Waals surface area contributed by atoms with Gasteiger partial charge in [0.1, 0.15) is 5.60 Å². The van der Waals surface area contributed by atoms with E-state index >= 15 is 0 Å². The Morgan fingerprint density at radius 1 is 1.16 bits per heavy atom. The van der Waals surface area contributed by atoms with E-state index in [0.29, 0.717) is 5.71 Å². The lowest BCUT2D eigenvalue weighted by atomic mass is 10.1. The highest BCUT2D eigenvalue weighted by Gasteiger charge is 2.33. The zero-order valence-electron chi connectivity index (χ0n) is 13.9. The van der Waals surface area contributed by atoms with E-state index in [0.717, 1.165) is 15.8 Å². The first kappa shape index (κ1) is 19.0. The first-order chi connectivity index (χ1) is 11.6. The average Bonchev–Trinajstić information content (AvgIpc) is 2.98. The van der Waals surface area contributed by atoms with Crippen LogP contribution in [0.2, 0.25) is 0 Å². The molecule has 0 saturated carbocycles. The Hall–Kier alpha value is -2.30. The van der Waals surface area contributed by atoms with Crippen molar-refractivity contribution < 1.29 is 18.3 Å². The lowest BCUT2D eigenvalue weighted by molar-refractivity contribution is -0.136. The van der Waals surface area contributed by atoms with Crippen LogP contribution in [0.4, 0.5) is 18.9 Å². The maximum atomic E-state index is 13.0. The van der Waals surface area contributed by atoms with Crippen molar-refractivity contribution in [1.82, 2.24) is 0 Å². The number of aliphatic hydroxyl groups is 1. The van der Waals surface area contributed by atoms with E-state index in [-0.39, 0.29) is 5.69 Å². The molecular weight excluding hydrogens is 349 g/mol. The molecule has 0 amide bonds. The molecule has 0 atom stereocenters. The third kappa shape index (κ3) is 5.62. The first-order valence-corrected chi connectivity index (χ1v) is 8.20. The molecule has 0 aliphatic rings. The van der Waals surface area contributed by atoms with Crippen LogP contribution in [-0.2, 0) is 6.18 Å². The number of nitrogens with zero attached hydrogens (tertiary/aromatic N) is 1. The van der Waals surface area contributed by atoms with E-state index in [4.69, 9.17) is 0 Å². The Balaban J connectivity index is 2.18. The Bertz CT molecular complexity index is 836. The SMILES string of the molecule is C/C(=N\Nc1ccccc1C(F)(F)F)c1ccc(C#CC(C)(C)O)s1. The fourth-order valence-electron chi connectivity index (χ4n) is 1.84.